The average molecular weight is 642 g/mol. The average Bonchev–Trinajstić information content (AvgIpc) is 3.36. The fourth-order valence-corrected chi connectivity index (χ4v) is 5.61. The zero-order chi connectivity index (χ0) is 33.1. The first-order valence-corrected chi connectivity index (χ1v) is 14.2. The van der Waals surface area contributed by atoms with Gasteiger partial charge in [0.2, 0.25) is 29.4 Å². The molecule has 0 aliphatic carbocycles. The summed E-state index contributed by atoms with van der Waals surface area (Å²) in [5.74, 6) is -13.5. The van der Waals surface area contributed by atoms with Crippen molar-refractivity contribution in [3.63, 3.8) is 0 Å². The predicted octanol–water partition coefficient (Wildman–Crippen LogP) is 2.78. The number of carbonyl (C=O) groups is 5. The van der Waals surface area contributed by atoms with Crippen LogP contribution in [0.25, 0.3) is 0 Å². The molecule has 3 aromatic rings. The number of nitrogens with one attached hydrogen (secondary N) is 2. The monoisotopic (exact) mass is 641 g/mol. The number of halogens is 4. The number of hydrogen-bond donors (Lipinski definition) is 3. The van der Waals surface area contributed by atoms with E-state index in [1.165, 1.54) is 4.90 Å². The molecule has 3 N–H and O–H groups in total. The lowest BCUT2D eigenvalue weighted by Crippen LogP contribution is -2.57. The van der Waals surface area contributed by atoms with Crippen LogP contribution in [0.15, 0.2) is 54.6 Å². The minimum atomic E-state index is -1.91. The Balaban J connectivity index is 1.34. The second-order valence-electron chi connectivity index (χ2n) is 10.9. The van der Waals surface area contributed by atoms with E-state index in [-0.39, 0.29) is 25.3 Å². The first-order valence-electron chi connectivity index (χ1n) is 14.2. The van der Waals surface area contributed by atoms with Crippen molar-refractivity contribution in [3.8, 4) is 5.75 Å². The molecule has 2 heterocycles. The zero-order valence-electron chi connectivity index (χ0n) is 24.0. The highest BCUT2D eigenvalue weighted by Gasteiger charge is 2.44. The number of anilines is 1. The van der Waals surface area contributed by atoms with E-state index in [0.717, 1.165) is 11.1 Å². The third-order valence-electron chi connectivity index (χ3n) is 7.77. The van der Waals surface area contributed by atoms with Gasteiger partial charge in [0.05, 0.1) is 18.5 Å². The number of aryl methyl sites for hydroxylation is 1. The summed E-state index contributed by atoms with van der Waals surface area (Å²) in [6, 6.07) is 10.0. The second kappa shape index (κ2) is 13.4. The summed E-state index contributed by atoms with van der Waals surface area (Å²) in [5.41, 5.74) is 2.61. The molecule has 2 aliphatic rings. The molecule has 3 atom stereocenters. The SMILES string of the molecule is O=C(O)CC(NC(=O)[C@@H]1Cc2cccc3c2N1C(=O)[C@@H](NC(=O)Cc1ccccc1)CC3)C(=O)COc1c(F)c(F)cc(F)c1F. The van der Waals surface area contributed by atoms with Crippen molar-refractivity contribution in [1.82, 2.24) is 10.6 Å². The highest BCUT2D eigenvalue weighted by Crippen LogP contribution is 2.39. The maximum atomic E-state index is 14.0. The summed E-state index contributed by atoms with van der Waals surface area (Å²) in [4.78, 5) is 66.0. The van der Waals surface area contributed by atoms with Gasteiger partial charge in [-0.15, -0.1) is 0 Å². The maximum absolute atomic E-state index is 14.0. The molecule has 46 heavy (non-hydrogen) atoms. The van der Waals surface area contributed by atoms with Crippen molar-refractivity contribution in [2.75, 3.05) is 11.5 Å². The Morgan fingerprint density at radius 3 is 2.30 bits per heavy atom. The van der Waals surface area contributed by atoms with Crippen molar-refractivity contribution in [1.29, 1.82) is 0 Å². The minimum absolute atomic E-state index is 0.00883. The quantitative estimate of drug-likeness (QED) is 0.216. The Kier molecular flexibility index (Phi) is 9.35. The molecule has 2 aliphatic heterocycles. The third kappa shape index (κ3) is 6.70. The second-order valence-corrected chi connectivity index (χ2v) is 10.9. The molecular formula is C32H27F4N3O7. The number of para-hydroxylation sites is 1. The largest absolute Gasteiger partial charge is 0.481 e. The normalized spacial score (nSPS) is 17.5. The molecule has 14 heteroatoms. The van der Waals surface area contributed by atoms with Gasteiger partial charge in [0.1, 0.15) is 24.7 Å². The minimum Gasteiger partial charge on any atom is -0.481 e. The van der Waals surface area contributed by atoms with Crippen LogP contribution in [0.2, 0.25) is 0 Å². The summed E-state index contributed by atoms with van der Waals surface area (Å²) < 4.78 is 59.8. The third-order valence-corrected chi connectivity index (χ3v) is 7.77. The van der Waals surface area contributed by atoms with Crippen LogP contribution in [0.1, 0.15) is 29.5 Å². The number of aliphatic carboxylic acids is 1. The molecule has 0 aromatic heterocycles. The van der Waals surface area contributed by atoms with Gasteiger partial charge in [0, 0.05) is 12.5 Å². The Bertz CT molecular complexity index is 1690. The van der Waals surface area contributed by atoms with Crippen LogP contribution in [0.4, 0.5) is 23.2 Å². The number of amides is 3. The van der Waals surface area contributed by atoms with Gasteiger partial charge in [-0.3, -0.25) is 28.9 Å². The fraction of sp³-hybridized carbons (Fsp3) is 0.281. The number of ketones is 1. The van der Waals surface area contributed by atoms with Gasteiger partial charge in [0.15, 0.2) is 23.2 Å². The van der Waals surface area contributed by atoms with E-state index < -0.39 is 89.6 Å². The van der Waals surface area contributed by atoms with Gasteiger partial charge in [-0.1, -0.05) is 48.5 Å². The van der Waals surface area contributed by atoms with Gasteiger partial charge in [-0.05, 0) is 29.5 Å². The van der Waals surface area contributed by atoms with E-state index in [1.807, 2.05) is 0 Å². The van der Waals surface area contributed by atoms with Crippen molar-refractivity contribution in [2.24, 2.45) is 0 Å². The van der Waals surface area contributed by atoms with E-state index >= 15 is 0 Å². The van der Waals surface area contributed by atoms with Crippen molar-refractivity contribution in [3.05, 3.63) is 94.6 Å². The molecule has 240 valence electrons. The molecule has 1 unspecified atom stereocenters. The number of benzene rings is 3. The molecule has 0 radical (unpaired) electrons. The first kappa shape index (κ1) is 32.1. The highest BCUT2D eigenvalue weighted by molar-refractivity contribution is 6.08. The molecule has 3 aromatic carbocycles. The van der Waals surface area contributed by atoms with Gasteiger partial charge in [-0.25, -0.2) is 8.78 Å². The number of rotatable bonds is 11. The van der Waals surface area contributed by atoms with Crippen molar-refractivity contribution >= 4 is 35.2 Å². The number of carboxylic acid groups (broad SMARTS) is 1. The predicted molar refractivity (Wildman–Crippen MR) is 153 cm³/mol. The van der Waals surface area contributed by atoms with Crippen LogP contribution in [-0.4, -0.2) is 59.3 Å². The molecular weight excluding hydrogens is 614 g/mol. The molecule has 0 fully saturated rings. The molecule has 0 saturated heterocycles. The molecule has 3 amide bonds. The Labute approximate surface area is 259 Å². The first-order chi connectivity index (χ1) is 21.9. The number of hydrogen-bond acceptors (Lipinski definition) is 6. The molecule has 10 nitrogen and oxygen atoms in total. The van der Waals surface area contributed by atoms with Crippen molar-refractivity contribution < 1.29 is 51.4 Å². The lowest BCUT2D eigenvalue weighted by Gasteiger charge is -2.29. The lowest BCUT2D eigenvalue weighted by atomic mass is 10.0. The fourth-order valence-electron chi connectivity index (χ4n) is 5.61. The number of nitrogens with zero attached hydrogens (tertiary/aromatic N) is 1. The summed E-state index contributed by atoms with van der Waals surface area (Å²) in [6.45, 7) is -1.25. The van der Waals surface area contributed by atoms with E-state index in [0.29, 0.717) is 17.7 Å². The number of carbonyl (C=O) groups excluding carboxylic acids is 4. The van der Waals surface area contributed by atoms with Crippen LogP contribution < -0.4 is 20.3 Å². The smallest absolute Gasteiger partial charge is 0.305 e. The zero-order valence-corrected chi connectivity index (χ0v) is 24.0. The van der Waals surface area contributed by atoms with E-state index in [2.05, 4.69) is 15.4 Å². The molecule has 0 spiro atoms. The number of Topliss-reactive ketones (excluding diaryl/α,β-unsaturated/α-hetero) is 1. The summed E-state index contributed by atoms with van der Waals surface area (Å²) >= 11 is 0. The summed E-state index contributed by atoms with van der Waals surface area (Å²) in [5, 5.41) is 14.4. The van der Waals surface area contributed by atoms with E-state index in [9.17, 15) is 46.6 Å². The van der Waals surface area contributed by atoms with Crippen molar-refractivity contribution in [2.45, 2.75) is 50.2 Å². The highest BCUT2D eigenvalue weighted by atomic mass is 19.2. The van der Waals surface area contributed by atoms with E-state index in [4.69, 9.17) is 0 Å². The summed E-state index contributed by atoms with van der Waals surface area (Å²) in [7, 11) is 0. The van der Waals surface area contributed by atoms with Crippen LogP contribution in [0, 0.1) is 23.3 Å². The number of carboxylic acids is 1. The van der Waals surface area contributed by atoms with Gasteiger partial charge in [-0.2, -0.15) is 8.78 Å². The standard InChI is InChI=1S/C32H27F4N3O7/c33-19-13-20(34)28(36)30(27(19)35)46-15-24(40)22(14-26(42)43)38-31(44)23-12-18-8-4-7-17-9-10-21(32(45)39(23)29(17)18)37-25(41)11-16-5-2-1-3-6-16/h1-8,13,21-23H,9-12,14-15H2,(H,37,41)(H,38,44)(H,42,43)/t21-,22?,23-/m0/s1. The lowest BCUT2D eigenvalue weighted by molar-refractivity contribution is -0.140. The number of ether oxygens (including phenoxy) is 1. The van der Waals surface area contributed by atoms with Gasteiger partial charge in [0.25, 0.3) is 0 Å². The topological polar surface area (TPSA) is 142 Å². The van der Waals surface area contributed by atoms with Gasteiger partial charge < -0.3 is 20.5 Å². The van der Waals surface area contributed by atoms with Gasteiger partial charge >= 0.3 is 5.97 Å². The summed E-state index contributed by atoms with van der Waals surface area (Å²) in [6.07, 6.45) is -0.306. The molecule has 0 saturated carbocycles. The maximum Gasteiger partial charge on any atom is 0.305 e. The molecule has 0 bridgehead atoms. The Morgan fingerprint density at radius 2 is 1.63 bits per heavy atom. The molecule has 5 rings (SSSR count). The van der Waals surface area contributed by atoms with E-state index in [1.54, 1.807) is 48.5 Å². The Hall–Kier alpha value is -5.27. The van der Waals surface area contributed by atoms with Crippen LogP contribution >= 0.6 is 0 Å². The van der Waals surface area contributed by atoms with Crippen LogP contribution in [-0.2, 0) is 43.2 Å². The Morgan fingerprint density at radius 1 is 0.957 bits per heavy atom. The van der Waals surface area contributed by atoms with Crippen LogP contribution in [0.3, 0.4) is 0 Å². The van der Waals surface area contributed by atoms with Crippen LogP contribution in [0.5, 0.6) is 5.75 Å².